The van der Waals surface area contributed by atoms with E-state index in [1.165, 1.54) is 6.92 Å². The van der Waals surface area contributed by atoms with Crippen LogP contribution in [0.5, 0.6) is 5.75 Å². The third-order valence-electron chi connectivity index (χ3n) is 1.81. The van der Waals surface area contributed by atoms with Gasteiger partial charge >= 0.3 is 5.97 Å². The summed E-state index contributed by atoms with van der Waals surface area (Å²) in [6.07, 6.45) is 0.701. The zero-order valence-corrected chi connectivity index (χ0v) is 11.7. The lowest BCUT2D eigenvalue weighted by Gasteiger charge is -2.14. The van der Waals surface area contributed by atoms with Crippen LogP contribution in [0.4, 0.5) is 0 Å². The molecule has 0 aromatic heterocycles. The maximum absolute atomic E-state index is 10.7. The normalized spacial score (nSPS) is 12.2. The maximum Gasteiger partial charge on any atom is 0.308 e. The molecular weight excluding hydrogens is 291 g/mol. The van der Waals surface area contributed by atoms with Gasteiger partial charge in [0.2, 0.25) is 0 Å². The molecule has 1 aromatic carbocycles. The highest BCUT2D eigenvalue weighted by atomic mass is 36.2. The highest BCUT2D eigenvalue weighted by Crippen LogP contribution is 2.63. The van der Waals surface area contributed by atoms with E-state index >= 15 is 0 Å². The second-order valence-electron chi connectivity index (χ2n) is 3.19. The number of esters is 1. The molecule has 2 nitrogen and oxygen atoms in total. The van der Waals surface area contributed by atoms with Crippen LogP contribution in [0.15, 0.2) is 24.3 Å². The largest absolute Gasteiger partial charge is 0.427 e. The minimum absolute atomic E-state index is 0.335. The van der Waals surface area contributed by atoms with Gasteiger partial charge in [0.25, 0.3) is 0 Å². The highest BCUT2D eigenvalue weighted by Gasteiger charge is 2.12. The fourth-order valence-electron chi connectivity index (χ4n) is 1.12. The van der Waals surface area contributed by atoms with Gasteiger partial charge in [-0.2, -0.15) is 0 Å². The summed E-state index contributed by atoms with van der Waals surface area (Å²) in [6, 6.07) is 7.16. The van der Waals surface area contributed by atoms with Crippen molar-refractivity contribution in [2.75, 3.05) is 5.75 Å². The summed E-state index contributed by atoms with van der Waals surface area (Å²) in [7, 11) is 15.2. The first-order valence-corrected chi connectivity index (χ1v) is 8.82. The first-order chi connectivity index (χ1) is 7.37. The van der Waals surface area contributed by atoms with Crippen molar-refractivity contribution in [3.05, 3.63) is 29.8 Å². The summed E-state index contributed by atoms with van der Waals surface area (Å²) in [5, 5.41) is 0. The summed E-state index contributed by atoms with van der Waals surface area (Å²) in [5.74, 6) is 0.723. The Labute approximate surface area is 110 Å². The number of halogens is 3. The van der Waals surface area contributed by atoms with Crippen molar-refractivity contribution < 1.29 is 9.53 Å². The van der Waals surface area contributed by atoms with Crippen molar-refractivity contribution in [2.45, 2.75) is 13.3 Å². The van der Waals surface area contributed by atoms with Gasteiger partial charge in [-0.15, -0.1) is 0 Å². The predicted octanol–water partition coefficient (Wildman–Crippen LogP) is 4.42. The lowest BCUT2D eigenvalue weighted by Crippen LogP contribution is -2.01. The van der Waals surface area contributed by atoms with Crippen LogP contribution in [0.2, 0.25) is 0 Å². The van der Waals surface area contributed by atoms with Gasteiger partial charge in [-0.1, -0.05) is 12.1 Å². The first-order valence-electron chi connectivity index (χ1n) is 4.54. The van der Waals surface area contributed by atoms with Gasteiger partial charge in [0.1, 0.15) is 5.75 Å². The Bertz CT molecular complexity index is 359. The van der Waals surface area contributed by atoms with E-state index in [0.29, 0.717) is 17.9 Å². The van der Waals surface area contributed by atoms with Crippen LogP contribution in [0.25, 0.3) is 0 Å². The topological polar surface area (TPSA) is 26.3 Å². The Kier molecular flexibility index (Phi) is 5.25. The van der Waals surface area contributed by atoms with Crippen LogP contribution in [-0.4, -0.2) is 11.7 Å². The molecule has 0 aliphatic carbocycles. The average molecular weight is 302 g/mol. The smallest absolute Gasteiger partial charge is 0.308 e. The van der Waals surface area contributed by atoms with Gasteiger partial charge in [-0.05, 0) is 63.8 Å². The molecule has 0 heterocycles. The third kappa shape index (κ3) is 5.85. The van der Waals surface area contributed by atoms with E-state index in [1.54, 1.807) is 12.1 Å². The lowest BCUT2D eigenvalue weighted by molar-refractivity contribution is -0.131. The van der Waals surface area contributed by atoms with Gasteiger partial charge in [0.05, 0.1) is 0 Å². The molecule has 0 aliphatic rings. The van der Waals surface area contributed by atoms with Gasteiger partial charge in [-0.25, -0.2) is 0 Å². The SMILES string of the molecule is CC(=O)Oc1ccc(CCS(Cl)(Cl)Cl)cc1. The number of benzene rings is 1. The van der Waals surface area contributed by atoms with Crippen LogP contribution in [0.3, 0.4) is 0 Å². The molecule has 0 unspecified atom stereocenters. The van der Waals surface area contributed by atoms with Crippen LogP contribution in [0, 0.1) is 0 Å². The Morgan fingerprint density at radius 3 is 2.25 bits per heavy atom. The van der Waals surface area contributed by atoms with Crippen molar-refractivity contribution >= 4 is 45.7 Å². The Morgan fingerprint density at radius 1 is 1.25 bits per heavy atom. The summed E-state index contributed by atoms with van der Waals surface area (Å²) in [6.45, 7) is 1.36. The molecule has 90 valence electrons. The molecule has 0 radical (unpaired) electrons. The molecule has 1 rings (SSSR count). The van der Waals surface area contributed by atoms with Gasteiger partial charge < -0.3 is 4.74 Å². The zero-order chi connectivity index (χ0) is 12.2. The monoisotopic (exact) mass is 300 g/mol. The molecule has 1 aromatic rings. The predicted molar refractivity (Wildman–Crippen MR) is 71.5 cm³/mol. The van der Waals surface area contributed by atoms with Gasteiger partial charge in [0.15, 0.2) is 0 Å². The van der Waals surface area contributed by atoms with Crippen molar-refractivity contribution in [3.8, 4) is 5.75 Å². The number of hydrogen-bond acceptors (Lipinski definition) is 2. The van der Waals surface area contributed by atoms with Crippen LogP contribution >= 0.6 is 39.7 Å². The van der Waals surface area contributed by atoms with E-state index in [9.17, 15) is 4.79 Å². The second-order valence-corrected chi connectivity index (χ2v) is 10.8. The van der Waals surface area contributed by atoms with Gasteiger partial charge in [-0.3, -0.25) is 4.79 Å². The first kappa shape index (κ1) is 14.0. The Hall–Kier alpha value is -0.0900. The number of rotatable bonds is 4. The zero-order valence-electron chi connectivity index (χ0n) is 8.58. The molecule has 0 N–H and O–H groups in total. The molecule has 0 aliphatic heterocycles. The Balaban J connectivity index is 2.55. The minimum Gasteiger partial charge on any atom is -0.427 e. The molecule has 0 saturated carbocycles. The van der Waals surface area contributed by atoms with Crippen molar-refractivity contribution in [2.24, 2.45) is 0 Å². The fourth-order valence-corrected chi connectivity index (χ4v) is 2.29. The molecule has 0 bridgehead atoms. The molecule has 0 spiro atoms. The molecule has 16 heavy (non-hydrogen) atoms. The molecular formula is C10H11Cl3O2S. The molecule has 0 atom stereocenters. The van der Waals surface area contributed by atoms with Gasteiger partial charge in [0, 0.05) is 12.7 Å². The van der Waals surface area contributed by atoms with E-state index in [4.69, 9.17) is 36.8 Å². The van der Waals surface area contributed by atoms with E-state index in [2.05, 4.69) is 0 Å². The molecule has 0 saturated heterocycles. The number of hydrogen-bond donors (Lipinski definition) is 0. The van der Waals surface area contributed by atoms with E-state index in [1.807, 2.05) is 12.1 Å². The summed E-state index contributed by atoms with van der Waals surface area (Å²) >= 11 is 0. The van der Waals surface area contributed by atoms with Crippen molar-refractivity contribution in [1.82, 2.24) is 0 Å². The number of carbonyl (C=O) groups is 1. The Morgan fingerprint density at radius 2 is 1.81 bits per heavy atom. The van der Waals surface area contributed by atoms with Crippen molar-refractivity contribution in [1.29, 1.82) is 0 Å². The minimum atomic E-state index is -2.02. The lowest BCUT2D eigenvalue weighted by atomic mass is 10.2. The maximum atomic E-state index is 10.7. The molecule has 0 fully saturated rings. The fraction of sp³-hybridized carbons (Fsp3) is 0.300. The van der Waals surface area contributed by atoms with Crippen molar-refractivity contribution in [3.63, 3.8) is 0 Å². The average Bonchev–Trinajstić information content (AvgIpc) is 2.14. The van der Waals surface area contributed by atoms with E-state index in [0.717, 1.165) is 5.56 Å². The summed E-state index contributed by atoms with van der Waals surface area (Å²) in [4.78, 5) is 10.7. The summed E-state index contributed by atoms with van der Waals surface area (Å²) in [5.41, 5.74) is 1.05. The number of carbonyl (C=O) groups excluding carboxylic acids is 1. The second kappa shape index (κ2) is 6.01. The quantitative estimate of drug-likeness (QED) is 0.608. The van der Waals surface area contributed by atoms with E-state index < -0.39 is 7.67 Å². The van der Waals surface area contributed by atoms with Crippen LogP contribution in [-0.2, 0) is 11.2 Å². The van der Waals surface area contributed by atoms with E-state index in [-0.39, 0.29) is 5.97 Å². The molecule has 6 heteroatoms. The standard InChI is InChI=1S/C10H11Cl3O2S/c1-8(14)15-10-4-2-9(3-5-10)6-7-16(11,12)13/h2-5H,6-7H2,1H3. The number of aryl methyl sites for hydroxylation is 1. The third-order valence-corrected chi connectivity index (χ3v) is 3.86. The molecule has 0 amide bonds. The highest BCUT2D eigenvalue weighted by molar-refractivity contribution is 8.79. The summed E-state index contributed by atoms with van der Waals surface area (Å²) < 4.78 is 4.90. The number of ether oxygens (including phenoxy) is 1. The van der Waals surface area contributed by atoms with Crippen LogP contribution in [0.1, 0.15) is 12.5 Å². The van der Waals surface area contributed by atoms with Crippen LogP contribution < -0.4 is 4.74 Å².